The summed E-state index contributed by atoms with van der Waals surface area (Å²) >= 11 is 3.41. The molecule has 0 bridgehead atoms. The number of benzene rings is 2. The van der Waals surface area contributed by atoms with Crippen LogP contribution in [-0.2, 0) is 0 Å². The van der Waals surface area contributed by atoms with E-state index in [1.165, 1.54) is 0 Å². The summed E-state index contributed by atoms with van der Waals surface area (Å²) in [5.41, 5.74) is 9.78. The Labute approximate surface area is 136 Å². The van der Waals surface area contributed by atoms with Crippen LogP contribution in [0.4, 0.5) is 5.95 Å². The van der Waals surface area contributed by atoms with Gasteiger partial charge in [0, 0.05) is 15.6 Å². The van der Waals surface area contributed by atoms with Crippen molar-refractivity contribution in [1.82, 2.24) is 9.97 Å². The second-order valence-electron chi connectivity index (χ2n) is 5.02. The molecule has 1 heterocycles. The van der Waals surface area contributed by atoms with Gasteiger partial charge >= 0.3 is 0 Å². The van der Waals surface area contributed by atoms with Crippen LogP contribution in [0.25, 0.3) is 22.5 Å². The van der Waals surface area contributed by atoms with E-state index in [0.717, 1.165) is 21.3 Å². The Kier molecular flexibility index (Phi) is 3.81. The number of nitrogens with zero attached hydrogens (tertiary/aromatic N) is 2. The molecule has 0 saturated carbocycles. The number of nitrogens with two attached hydrogens (primary N) is 1. The lowest BCUT2D eigenvalue weighted by molar-refractivity contribution is 0.477. The van der Waals surface area contributed by atoms with E-state index >= 15 is 0 Å². The Hall–Kier alpha value is -2.40. The van der Waals surface area contributed by atoms with Crippen LogP contribution in [0.3, 0.4) is 0 Å². The standard InChI is InChI=1S/C17H14BrN3O/c1-10-2-7-16(22)13(8-10)15-9-14(20-17(19)21-15)11-3-5-12(18)6-4-11/h2-9,22H,1H3,(H2,19,20,21). The van der Waals surface area contributed by atoms with Crippen molar-refractivity contribution in [2.75, 3.05) is 5.73 Å². The Morgan fingerprint density at radius 3 is 2.36 bits per heavy atom. The Morgan fingerprint density at radius 1 is 0.955 bits per heavy atom. The van der Waals surface area contributed by atoms with E-state index in [1.807, 2.05) is 49.4 Å². The lowest BCUT2D eigenvalue weighted by Gasteiger charge is -2.09. The molecule has 0 aliphatic heterocycles. The molecule has 22 heavy (non-hydrogen) atoms. The number of aromatic nitrogens is 2. The number of aryl methyl sites for hydroxylation is 1. The predicted molar refractivity (Wildman–Crippen MR) is 91.4 cm³/mol. The molecule has 0 saturated heterocycles. The highest BCUT2D eigenvalue weighted by molar-refractivity contribution is 9.10. The van der Waals surface area contributed by atoms with Crippen molar-refractivity contribution in [1.29, 1.82) is 0 Å². The maximum Gasteiger partial charge on any atom is 0.221 e. The quantitative estimate of drug-likeness (QED) is 0.723. The molecule has 0 aliphatic rings. The van der Waals surface area contributed by atoms with Crippen molar-refractivity contribution < 1.29 is 5.11 Å². The van der Waals surface area contributed by atoms with Gasteiger partial charge in [-0.05, 0) is 37.3 Å². The molecule has 0 aliphatic carbocycles. The summed E-state index contributed by atoms with van der Waals surface area (Å²) in [5.74, 6) is 0.349. The van der Waals surface area contributed by atoms with Crippen molar-refractivity contribution in [3.8, 4) is 28.3 Å². The van der Waals surface area contributed by atoms with Gasteiger partial charge in [0.15, 0.2) is 0 Å². The monoisotopic (exact) mass is 355 g/mol. The summed E-state index contributed by atoms with van der Waals surface area (Å²) in [7, 11) is 0. The Bertz CT molecular complexity index is 832. The third kappa shape index (κ3) is 2.94. The number of halogens is 1. The van der Waals surface area contributed by atoms with E-state index in [2.05, 4.69) is 25.9 Å². The first-order valence-electron chi connectivity index (χ1n) is 6.73. The van der Waals surface area contributed by atoms with Crippen LogP contribution in [0.5, 0.6) is 5.75 Å². The fraction of sp³-hybridized carbons (Fsp3) is 0.0588. The molecule has 0 unspecified atom stereocenters. The molecule has 0 fully saturated rings. The highest BCUT2D eigenvalue weighted by Crippen LogP contribution is 2.31. The molecule has 110 valence electrons. The smallest absolute Gasteiger partial charge is 0.221 e. The van der Waals surface area contributed by atoms with E-state index in [4.69, 9.17) is 5.73 Å². The lowest BCUT2D eigenvalue weighted by Crippen LogP contribution is -1.99. The maximum atomic E-state index is 10.1. The van der Waals surface area contributed by atoms with Crippen molar-refractivity contribution >= 4 is 21.9 Å². The Morgan fingerprint density at radius 2 is 1.64 bits per heavy atom. The largest absolute Gasteiger partial charge is 0.507 e. The molecular formula is C17H14BrN3O. The van der Waals surface area contributed by atoms with E-state index in [-0.39, 0.29) is 11.7 Å². The van der Waals surface area contributed by atoms with Crippen LogP contribution in [0.1, 0.15) is 5.56 Å². The zero-order chi connectivity index (χ0) is 15.7. The zero-order valence-corrected chi connectivity index (χ0v) is 13.5. The minimum absolute atomic E-state index is 0.172. The van der Waals surface area contributed by atoms with Gasteiger partial charge in [-0.1, -0.05) is 39.7 Å². The van der Waals surface area contributed by atoms with Gasteiger partial charge in [0.05, 0.1) is 11.4 Å². The third-order valence-corrected chi connectivity index (χ3v) is 3.84. The molecule has 3 aromatic rings. The summed E-state index contributed by atoms with van der Waals surface area (Å²) in [6.07, 6.45) is 0. The molecule has 5 heteroatoms. The number of aromatic hydroxyl groups is 1. The van der Waals surface area contributed by atoms with E-state index < -0.39 is 0 Å². The number of phenols is 1. The van der Waals surface area contributed by atoms with Gasteiger partial charge < -0.3 is 10.8 Å². The molecule has 0 atom stereocenters. The molecule has 2 aromatic carbocycles. The average molecular weight is 356 g/mol. The summed E-state index contributed by atoms with van der Waals surface area (Å²) in [6.45, 7) is 1.96. The molecule has 0 spiro atoms. The highest BCUT2D eigenvalue weighted by atomic mass is 79.9. The first-order valence-corrected chi connectivity index (χ1v) is 7.53. The SMILES string of the molecule is Cc1ccc(O)c(-c2cc(-c3ccc(Br)cc3)nc(N)n2)c1. The third-order valence-electron chi connectivity index (χ3n) is 3.31. The van der Waals surface area contributed by atoms with Crippen LogP contribution in [-0.4, -0.2) is 15.1 Å². The molecule has 3 N–H and O–H groups in total. The van der Waals surface area contributed by atoms with Gasteiger partial charge in [0.1, 0.15) is 5.75 Å². The summed E-state index contributed by atoms with van der Waals surface area (Å²) in [4.78, 5) is 8.53. The van der Waals surface area contributed by atoms with Crippen molar-refractivity contribution in [2.24, 2.45) is 0 Å². The van der Waals surface area contributed by atoms with Crippen molar-refractivity contribution in [3.05, 3.63) is 58.6 Å². The van der Waals surface area contributed by atoms with Crippen molar-refractivity contribution in [3.63, 3.8) is 0 Å². The number of rotatable bonds is 2. The topological polar surface area (TPSA) is 72.0 Å². The van der Waals surface area contributed by atoms with E-state index in [1.54, 1.807) is 6.07 Å². The van der Waals surface area contributed by atoms with Gasteiger partial charge in [-0.25, -0.2) is 9.97 Å². The molecule has 3 rings (SSSR count). The zero-order valence-electron chi connectivity index (χ0n) is 11.9. The molecule has 1 aromatic heterocycles. The number of hydrogen-bond acceptors (Lipinski definition) is 4. The van der Waals surface area contributed by atoms with Gasteiger partial charge in [-0.2, -0.15) is 0 Å². The minimum atomic E-state index is 0.172. The van der Waals surface area contributed by atoms with Gasteiger partial charge in [0.2, 0.25) is 5.95 Å². The van der Waals surface area contributed by atoms with Crippen LogP contribution in [0, 0.1) is 6.92 Å². The Balaban J connectivity index is 2.14. The predicted octanol–water partition coefficient (Wildman–Crippen LogP) is 4.17. The minimum Gasteiger partial charge on any atom is -0.507 e. The van der Waals surface area contributed by atoms with E-state index in [9.17, 15) is 5.11 Å². The summed E-state index contributed by atoms with van der Waals surface area (Å²) < 4.78 is 0.995. The van der Waals surface area contributed by atoms with Gasteiger partial charge in [-0.15, -0.1) is 0 Å². The van der Waals surface area contributed by atoms with Crippen LogP contribution in [0.15, 0.2) is 53.0 Å². The van der Waals surface area contributed by atoms with Crippen LogP contribution in [0.2, 0.25) is 0 Å². The van der Waals surface area contributed by atoms with Crippen LogP contribution >= 0.6 is 15.9 Å². The van der Waals surface area contributed by atoms with E-state index in [0.29, 0.717) is 11.3 Å². The molecule has 0 radical (unpaired) electrons. The average Bonchev–Trinajstić information content (AvgIpc) is 2.50. The first-order chi connectivity index (χ1) is 10.5. The fourth-order valence-electron chi connectivity index (χ4n) is 2.23. The molecular weight excluding hydrogens is 342 g/mol. The first kappa shape index (κ1) is 14.5. The maximum absolute atomic E-state index is 10.1. The highest BCUT2D eigenvalue weighted by Gasteiger charge is 2.10. The van der Waals surface area contributed by atoms with Gasteiger partial charge in [0.25, 0.3) is 0 Å². The number of hydrogen-bond donors (Lipinski definition) is 2. The normalized spacial score (nSPS) is 10.6. The summed E-state index contributed by atoms with van der Waals surface area (Å²) in [5, 5.41) is 10.1. The number of anilines is 1. The summed E-state index contributed by atoms with van der Waals surface area (Å²) in [6, 6.07) is 15.0. The lowest BCUT2D eigenvalue weighted by atomic mass is 10.0. The van der Waals surface area contributed by atoms with Gasteiger partial charge in [-0.3, -0.25) is 0 Å². The fourth-order valence-corrected chi connectivity index (χ4v) is 2.49. The number of nitrogen functional groups attached to an aromatic ring is 1. The number of phenolic OH excluding ortho intramolecular Hbond substituents is 1. The molecule has 4 nitrogen and oxygen atoms in total. The van der Waals surface area contributed by atoms with Crippen molar-refractivity contribution in [2.45, 2.75) is 6.92 Å². The van der Waals surface area contributed by atoms with Crippen LogP contribution < -0.4 is 5.73 Å². The molecule has 0 amide bonds. The second kappa shape index (κ2) is 5.77. The second-order valence-corrected chi connectivity index (χ2v) is 5.94.